The highest BCUT2D eigenvalue weighted by Gasteiger charge is 2.22. The minimum atomic E-state index is -1.46. The zero-order valence-corrected chi connectivity index (χ0v) is 11.9. The van der Waals surface area contributed by atoms with Crippen LogP contribution in [0.5, 0.6) is 0 Å². The van der Waals surface area contributed by atoms with E-state index in [-0.39, 0.29) is 0 Å². The van der Waals surface area contributed by atoms with Crippen LogP contribution in [0.3, 0.4) is 0 Å². The van der Waals surface area contributed by atoms with Gasteiger partial charge in [0, 0.05) is 0 Å². The van der Waals surface area contributed by atoms with Crippen LogP contribution in [0.15, 0.2) is 23.5 Å². The van der Waals surface area contributed by atoms with Crippen LogP contribution in [0, 0.1) is 11.8 Å². The summed E-state index contributed by atoms with van der Waals surface area (Å²) in [5.74, 6) is 2.49. The lowest BCUT2D eigenvalue weighted by atomic mass is 9.87. The Morgan fingerprint density at radius 3 is 2.40 bits per heavy atom. The maximum absolute atomic E-state index is 6.10. The second-order valence-corrected chi connectivity index (χ2v) is 10.2. The highest BCUT2D eigenvalue weighted by molar-refractivity contribution is 6.70. The highest BCUT2D eigenvalue weighted by atomic mass is 28.4. The maximum Gasteiger partial charge on any atom is 0.242 e. The van der Waals surface area contributed by atoms with Gasteiger partial charge in [-0.05, 0) is 56.5 Å². The summed E-state index contributed by atoms with van der Waals surface area (Å²) in [7, 11) is -1.46. The minimum absolute atomic E-state index is 0.653. The summed E-state index contributed by atoms with van der Waals surface area (Å²) in [6.45, 7) is 13.4. The van der Waals surface area contributed by atoms with E-state index in [1.807, 2.05) is 0 Å². The van der Waals surface area contributed by atoms with Gasteiger partial charge in [-0.1, -0.05) is 19.9 Å². The summed E-state index contributed by atoms with van der Waals surface area (Å²) in [6, 6.07) is 0. The van der Waals surface area contributed by atoms with Gasteiger partial charge in [-0.2, -0.15) is 0 Å². The Hall–Kier alpha value is -0.503. The Labute approximate surface area is 95.4 Å². The third kappa shape index (κ3) is 3.86. The van der Waals surface area contributed by atoms with Gasteiger partial charge >= 0.3 is 0 Å². The average Bonchev–Trinajstić information content (AvgIpc) is 2.06. The van der Waals surface area contributed by atoms with Gasteiger partial charge in [-0.3, -0.25) is 0 Å². The van der Waals surface area contributed by atoms with Crippen LogP contribution in [-0.2, 0) is 4.43 Å². The highest BCUT2D eigenvalue weighted by Crippen LogP contribution is 2.29. The Bertz CT molecular complexity index is 281. The van der Waals surface area contributed by atoms with E-state index in [4.69, 9.17) is 4.43 Å². The molecule has 0 N–H and O–H groups in total. The molecular weight excluding hydrogens is 200 g/mol. The summed E-state index contributed by atoms with van der Waals surface area (Å²) in [5.41, 5.74) is 1.31. The third-order valence-corrected chi connectivity index (χ3v) is 3.56. The van der Waals surface area contributed by atoms with Crippen LogP contribution in [0.25, 0.3) is 0 Å². The van der Waals surface area contributed by atoms with Crippen molar-refractivity contribution in [1.29, 1.82) is 0 Å². The predicted octanol–water partition coefficient (Wildman–Crippen LogP) is 4.34. The molecule has 15 heavy (non-hydrogen) atoms. The molecule has 0 unspecified atom stereocenters. The van der Waals surface area contributed by atoms with Gasteiger partial charge in [0.2, 0.25) is 8.32 Å². The van der Waals surface area contributed by atoms with Crippen molar-refractivity contribution >= 4 is 8.32 Å². The smallest absolute Gasteiger partial charge is 0.242 e. The zero-order chi connectivity index (χ0) is 11.6. The van der Waals surface area contributed by atoms with E-state index in [1.165, 1.54) is 12.0 Å². The quantitative estimate of drug-likeness (QED) is 0.648. The minimum Gasteiger partial charge on any atom is -0.544 e. The van der Waals surface area contributed by atoms with Gasteiger partial charge in [-0.15, -0.1) is 0 Å². The molecule has 0 amide bonds. The predicted molar refractivity (Wildman–Crippen MR) is 69.2 cm³/mol. The molecule has 1 aliphatic rings. The fourth-order valence-corrected chi connectivity index (χ4v) is 2.61. The van der Waals surface area contributed by atoms with E-state index < -0.39 is 8.32 Å². The van der Waals surface area contributed by atoms with Crippen LogP contribution in [-0.4, -0.2) is 8.32 Å². The lowest BCUT2D eigenvalue weighted by Gasteiger charge is -2.28. The standard InChI is InChI=1S/C13H24OSi/c1-10(2)12-8-7-11(3)13(9-12)14-15(4,5)6/h7,9-10,12H,8H2,1-6H3/t12-/m0/s1. The molecule has 0 aliphatic heterocycles. The van der Waals surface area contributed by atoms with Crippen LogP contribution in [0.4, 0.5) is 0 Å². The molecule has 1 rings (SSSR count). The van der Waals surface area contributed by atoms with E-state index >= 15 is 0 Å². The first kappa shape index (κ1) is 12.6. The molecular formula is C13H24OSi. The Balaban J connectivity index is 2.79. The second-order valence-electron chi connectivity index (χ2n) is 5.78. The lowest BCUT2D eigenvalue weighted by Crippen LogP contribution is -2.26. The van der Waals surface area contributed by atoms with Gasteiger partial charge in [0.25, 0.3) is 0 Å². The average molecular weight is 224 g/mol. The van der Waals surface area contributed by atoms with Crippen molar-refractivity contribution in [1.82, 2.24) is 0 Å². The van der Waals surface area contributed by atoms with Crippen LogP contribution in [0.2, 0.25) is 19.6 Å². The van der Waals surface area contributed by atoms with Crippen molar-refractivity contribution in [2.24, 2.45) is 11.8 Å². The van der Waals surface area contributed by atoms with Gasteiger partial charge in [0.15, 0.2) is 0 Å². The molecule has 0 spiro atoms. The van der Waals surface area contributed by atoms with E-state index in [0.29, 0.717) is 11.8 Å². The zero-order valence-electron chi connectivity index (χ0n) is 10.9. The molecule has 86 valence electrons. The molecule has 0 aromatic carbocycles. The number of allylic oxidation sites excluding steroid dienone is 3. The molecule has 0 bridgehead atoms. The molecule has 0 radical (unpaired) electrons. The van der Waals surface area contributed by atoms with Gasteiger partial charge < -0.3 is 4.43 Å². The first-order valence-electron chi connectivity index (χ1n) is 5.87. The van der Waals surface area contributed by atoms with E-state index in [2.05, 4.69) is 52.6 Å². The monoisotopic (exact) mass is 224 g/mol. The largest absolute Gasteiger partial charge is 0.544 e. The molecule has 0 saturated carbocycles. The summed E-state index contributed by atoms with van der Waals surface area (Å²) in [6.07, 6.45) is 5.82. The van der Waals surface area contributed by atoms with Gasteiger partial charge in [0.1, 0.15) is 5.76 Å². The molecule has 2 heteroatoms. The lowest BCUT2D eigenvalue weighted by molar-refractivity contribution is 0.392. The molecule has 0 aromatic heterocycles. The summed E-state index contributed by atoms with van der Waals surface area (Å²) >= 11 is 0. The first-order chi connectivity index (χ1) is 6.79. The molecule has 0 fully saturated rings. The Morgan fingerprint density at radius 2 is 1.93 bits per heavy atom. The third-order valence-electron chi connectivity index (χ3n) is 2.72. The van der Waals surface area contributed by atoms with Crippen molar-refractivity contribution in [2.45, 2.75) is 46.8 Å². The normalized spacial score (nSPS) is 22.5. The molecule has 0 aromatic rings. The molecule has 0 saturated heterocycles. The van der Waals surface area contributed by atoms with Crippen LogP contribution < -0.4 is 0 Å². The maximum atomic E-state index is 6.10. The van der Waals surface area contributed by atoms with Crippen molar-refractivity contribution in [3.8, 4) is 0 Å². The van der Waals surface area contributed by atoms with E-state index in [1.54, 1.807) is 0 Å². The van der Waals surface area contributed by atoms with Crippen LogP contribution in [0.1, 0.15) is 27.2 Å². The second kappa shape index (κ2) is 4.56. The Kier molecular flexibility index (Phi) is 3.82. The van der Waals surface area contributed by atoms with Crippen molar-refractivity contribution in [3.63, 3.8) is 0 Å². The summed E-state index contributed by atoms with van der Waals surface area (Å²) in [4.78, 5) is 0. The van der Waals surface area contributed by atoms with Crippen molar-refractivity contribution < 1.29 is 4.43 Å². The molecule has 0 heterocycles. The van der Waals surface area contributed by atoms with Gasteiger partial charge in [-0.25, -0.2) is 0 Å². The van der Waals surface area contributed by atoms with E-state index in [0.717, 1.165) is 5.76 Å². The van der Waals surface area contributed by atoms with Crippen molar-refractivity contribution in [2.75, 3.05) is 0 Å². The fraction of sp³-hybridized carbons (Fsp3) is 0.692. The first-order valence-corrected chi connectivity index (χ1v) is 9.28. The van der Waals surface area contributed by atoms with Gasteiger partial charge in [0.05, 0.1) is 0 Å². The fourth-order valence-electron chi connectivity index (χ4n) is 1.72. The van der Waals surface area contributed by atoms with Crippen LogP contribution >= 0.6 is 0 Å². The Morgan fingerprint density at radius 1 is 1.33 bits per heavy atom. The summed E-state index contributed by atoms with van der Waals surface area (Å²) in [5, 5.41) is 0. The SMILES string of the molecule is CC1=CC[C@H](C(C)C)C=C1O[Si](C)(C)C. The number of hydrogen-bond donors (Lipinski definition) is 0. The van der Waals surface area contributed by atoms with E-state index in [9.17, 15) is 0 Å². The topological polar surface area (TPSA) is 9.23 Å². The number of hydrogen-bond acceptors (Lipinski definition) is 1. The molecule has 1 atom stereocenters. The number of rotatable bonds is 3. The molecule has 1 aliphatic carbocycles. The summed E-state index contributed by atoms with van der Waals surface area (Å²) < 4.78 is 6.10. The van der Waals surface area contributed by atoms with Crippen molar-refractivity contribution in [3.05, 3.63) is 23.5 Å². The molecule has 1 nitrogen and oxygen atoms in total.